The Morgan fingerprint density at radius 3 is 2.89 bits per heavy atom. The highest BCUT2D eigenvalue weighted by Gasteiger charge is 2.02. The van der Waals surface area contributed by atoms with Crippen molar-refractivity contribution in [3.63, 3.8) is 0 Å². The van der Waals surface area contributed by atoms with Gasteiger partial charge in [-0.3, -0.25) is 4.79 Å². The predicted molar refractivity (Wildman–Crippen MR) is 76.3 cm³/mol. The highest BCUT2D eigenvalue weighted by atomic mass is 79.9. The zero-order chi connectivity index (χ0) is 13.7. The number of nitrogens with zero attached hydrogens (tertiary/aromatic N) is 2. The Morgan fingerprint density at radius 2 is 2.21 bits per heavy atom. The lowest BCUT2D eigenvalue weighted by Gasteiger charge is -2.07. The van der Waals surface area contributed by atoms with E-state index in [2.05, 4.69) is 21.0 Å². The molecule has 1 aromatic heterocycles. The molecule has 19 heavy (non-hydrogen) atoms. The first-order chi connectivity index (χ1) is 9.19. The number of hydrogen-bond donors (Lipinski definition) is 1. The number of halogens is 1. The van der Waals surface area contributed by atoms with E-state index < -0.39 is 0 Å². The second-order valence-corrected chi connectivity index (χ2v) is 4.87. The van der Waals surface area contributed by atoms with Crippen LogP contribution in [0.2, 0.25) is 0 Å². The average Bonchev–Trinajstić information content (AvgIpc) is 2.39. The summed E-state index contributed by atoms with van der Waals surface area (Å²) >= 11 is 3.39. The molecule has 2 rings (SSSR count). The number of hydrogen-bond acceptors (Lipinski definition) is 4. The summed E-state index contributed by atoms with van der Waals surface area (Å²) in [6.07, 6.45) is 1.52. The van der Waals surface area contributed by atoms with Gasteiger partial charge in [-0.1, -0.05) is 28.1 Å². The molecule has 0 spiro atoms. The van der Waals surface area contributed by atoms with E-state index in [0.717, 1.165) is 10.0 Å². The molecule has 2 aromatic rings. The van der Waals surface area contributed by atoms with Gasteiger partial charge in [0.1, 0.15) is 12.4 Å². The molecular formula is C13H14BrN3O2. The summed E-state index contributed by atoms with van der Waals surface area (Å²) in [6, 6.07) is 9.16. The summed E-state index contributed by atoms with van der Waals surface area (Å²) in [7, 11) is 0. The van der Waals surface area contributed by atoms with Crippen molar-refractivity contribution in [1.29, 1.82) is 0 Å². The molecule has 5 nitrogen and oxygen atoms in total. The minimum atomic E-state index is -0.200. The number of benzene rings is 1. The molecule has 0 amide bonds. The molecule has 100 valence electrons. The molecule has 0 atom stereocenters. The second-order valence-electron chi connectivity index (χ2n) is 3.95. The highest BCUT2D eigenvalue weighted by Crippen LogP contribution is 2.12. The van der Waals surface area contributed by atoms with Gasteiger partial charge in [0.15, 0.2) is 0 Å². The smallest absolute Gasteiger partial charge is 0.270 e. The van der Waals surface area contributed by atoms with Gasteiger partial charge >= 0.3 is 0 Å². The molecule has 0 unspecified atom stereocenters. The van der Waals surface area contributed by atoms with Crippen LogP contribution in [0, 0.1) is 0 Å². The van der Waals surface area contributed by atoms with Crippen LogP contribution in [-0.4, -0.2) is 22.9 Å². The summed E-state index contributed by atoms with van der Waals surface area (Å²) in [5.74, 6) is 0.445. The molecule has 1 heterocycles. The van der Waals surface area contributed by atoms with Gasteiger partial charge in [-0.25, -0.2) is 4.68 Å². The third kappa shape index (κ3) is 3.90. The van der Waals surface area contributed by atoms with Crippen LogP contribution in [0.15, 0.2) is 45.8 Å². The van der Waals surface area contributed by atoms with Crippen molar-refractivity contribution < 1.29 is 4.74 Å². The van der Waals surface area contributed by atoms with Crippen molar-refractivity contribution in [3.05, 3.63) is 56.9 Å². The monoisotopic (exact) mass is 323 g/mol. The predicted octanol–water partition coefficient (Wildman–Crippen LogP) is 1.39. The van der Waals surface area contributed by atoms with E-state index >= 15 is 0 Å². The first kappa shape index (κ1) is 13.8. The summed E-state index contributed by atoms with van der Waals surface area (Å²) in [6.45, 7) is 1.20. The number of ether oxygens (including phenoxy) is 1. The van der Waals surface area contributed by atoms with Crippen molar-refractivity contribution in [2.45, 2.75) is 6.54 Å². The lowest BCUT2D eigenvalue weighted by molar-refractivity contribution is 0.324. The van der Waals surface area contributed by atoms with Gasteiger partial charge in [-0.15, -0.1) is 0 Å². The van der Waals surface area contributed by atoms with Gasteiger partial charge in [0, 0.05) is 17.1 Å². The molecule has 1 aromatic carbocycles. The van der Waals surface area contributed by atoms with Gasteiger partial charge in [0.2, 0.25) is 0 Å². The first-order valence-corrected chi connectivity index (χ1v) is 6.63. The fraction of sp³-hybridized carbons (Fsp3) is 0.231. The molecule has 0 fully saturated rings. The SMILES string of the molecule is NCCOc1cnn(Cc2cccc(Br)c2)c(=O)c1. The fourth-order valence-electron chi connectivity index (χ4n) is 1.60. The lowest BCUT2D eigenvalue weighted by atomic mass is 10.2. The number of rotatable bonds is 5. The van der Waals surface area contributed by atoms with Crippen molar-refractivity contribution in [1.82, 2.24) is 9.78 Å². The summed E-state index contributed by atoms with van der Waals surface area (Å²) in [5, 5.41) is 4.08. The molecule has 0 radical (unpaired) electrons. The molecule has 0 aliphatic rings. The topological polar surface area (TPSA) is 70.1 Å². The Morgan fingerprint density at radius 1 is 1.37 bits per heavy atom. The highest BCUT2D eigenvalue weighted by molar-refractivity contribution is 9.10. The van der Waals surface area contributed by atoms with E-state index in [9.17, 15) is 4.79 Å². The minimum absolute atomic E-state index is 0.200. The maximum absolute atomic E-state index is 11.9. The van der Waals surface area contributed by atoms with E-state index in [1.807, 2.05) is 24.3 Å². The van der Waals surface area contributed by atoms with Crippen molar-refractivity contribution in [2.75, 3.05) is 13.2 Å². The van der Waals surface area contributed by atoms with E-state index in [0.29, 0.717) is 25.4 Å². The summed E-state index contributed by atoms with van der Waals surface area (Å²) in [5.41, 5.74) is 6.13. The van der Waals surface area contributed by atoms with Crippen LogP contribution in [0.25, 0.3) is 0 Å². The van der Waals surface area contributed by atoms with Crippen LogP contribution in [0.1, 0.15) is 5.56 Å². The zero-order valence-corrected chi connectivity index (χ0v) is 11.8. The molecule has 6 heteroatoms. The lowest BCUT2D eigenvalue weighted by Crippen LogP contribution is -2.23. The van der Waals surface area contributed by atoms with E-state index in [4.69, 9.17) is 10.5 Å². The van der Waals surface area contributed by atoms with Gasteiger partial charge in [-0.2, -0.15) is 5.10 Å². The third-order valence-corrected chi connectivity index (χ3v) is 2.95. The fourth-order valence-corrected chi connectivity index (χ4v) is 2.05. The minimum Gasteiger partial charge on any atom is -0.490 e. The van der Waals surface area contributed by atoms with Crippen LogP contribution in [0.5, 0.6) is 5.75 Å². The van der Waals surface area contributed by atoms with Gasteiger partial charge < -0.3 is 10.5 Å². The summed E-state index contributed by atoms with van der Waals surface area (Å²) in [4.78, 5) is 11.9. The maximum atomic E-state index is 11.9. The van der Waals surface area contributed by atoms with Crippen molar-refractivity contribution >= 4 is 15.9 Å². The Hall–Kier alpha value is -1.66. The molecule has 0 bridgehead atoms. The maximum Gasteiger partial charge on any atom is 0.270 e. The van der Waals surface area contributed by atoms with Gasteiger partial charge in [0.05, 0.1) is 12.7 Å². The quantitative estimate of drug-likeness (QED) is 0.902. The molecule has 2 N–H and O–H groups in total. The van der Waals surface area contributed by atoms with Crippen LogP contribution in [0.4, 0.5) is 0 Å². The van der Waals surface area contributed by atoms with Gasteiger partial charge in [-0.05, 0) is 17.7 Å². The van der Waals surface area contributed by atoms with Crippen molar-refractivity contribution in [2.24, 2.45) is 5.73 Å². The average molecular weight is 324 g/mol. The van der Waals surface area contributed by atoms with Crippen molar-refractivity contribution in [3.8, 4) is 5.75 Å². The van der Waals surface area contributed by atoms with Gasteiger partial charge in [0.25, 0.3) is 5.56 Å². The van der Waals surface area contributed by atoms with Crippen LogP contribution < -0.4 is 16.0 Å². The van der Waals surface area contributed by atoms with E-state index in [1.165, 1.54) is 16.9 Å². The Balaban J connectivity index is 2.15. The molecule has 0 saturated heterocycles. The summed E-state index contributed by atoms with van der Waals surface area (Å²) < 4.78 is 7.61. The zero-order valence-electron chi connectivity index (χ0n) is 10.3. The first-order valence-electron chi connectivity index (χ1n) is 5.83. The standard InChI is InChI=1S/C13H14BrN3O2/c14-11-3-1-2-10(6-11)9-17-13(18)7-12(8-16-17)19-5-4-15/h1-3,6-8H,4-5,9,15H2. The van der Waals surface area contributed by atoms with E-state index in [-0.39, 0.29) is 5.56 Å². The number of aromatic nitrogens is 2. The molecule has 0 aliphatic carbocycles. The Bertz CT molecular complexity index is 613. The number of nitrogens with two attached hydrogens (primary N) is 1. The molecular weight excluding hydrogens is 310 g/mol. The Kier molecular flexibility index (Phi) is 4.70. The van der Waals surface area contributed by atoms with Crippen LogP contribution >= 0.6 is 15.9 Å². The molecule has 0 aliphatic heterocycles. The third-order valence-electron chi connectivity index (χ3n) is 2.45. The van der Waals surface area contributed by atoms with E-state index in [1.54, 1.807) is 0 Å². The normalized spacial score (nSPS) is 10.4. The second kappa shape index (κ2) is 6.49. The Labute approximate surface area is 119 Å². The van der Waals surface area contributed by atoms with Crippen LogP contribution in [-0.2, 0) is 6.54 Å². The molecule has 0 saturated carbocycles. The van der Waals surface area contributed by atoms with Crippen LogP contribution in [0.3, 0.4) is 0 Å². The largest absolute Gasteiger partial charge is 0.490 e.